The third-order valence-electron chi connectivity index (χ3n) is 5.75. The molecule has 1 aliphatic heterocycles. The van der Waals surface area contributed by atoms with Gasteiger partial charge in [0.25, 0.3) is 0 Å². The molecule has 1 fully saturated rings. The number of hydrogen-bond donors (Lipinski definition) is 1. The van der Waals surface area contributed by atoms with Gasteiger partial charge in [0.05, 0.1) is 0 Å². The van der Waals surface area contributed by atoms with Gasteiger partial charge in [-0.05, 0) is 92.9 Å². The molecule has 1 atom stereocenters. The third kappa shape index (κ3) is 4.39. The van der Waals surface area contributed by atoms with Crippen LogP contribution in [0.2, 0.25) is 0 Å². The van der Waals surface area contributed by atoms with E-state index in [0.29, 0.717) is 6.04 Å². The van der Waals surface area contributed by atoms with E-state index in [2.05, 4.69) is 40.5 Å². The van der Waals surface area contributed by atoms with Gasteiger partial charge >= 0.3 is 0 Å². The Kier molecular flexibility index (Phi) is 5.84. The van der Waals surface area contributed by atoms with Crippen LogP contribution < -0.4 is 0 Å². The number of aryl methyl sites for hydroxylation is 1. The lowest BCUT2D eigenvalue weighted by Gasteiger charge is -2.24. The molecule has 2 heterocycles. The monoisotopic (exact) mass is 382 g/mol. The Morgan fingerprint density at radius 3 is 2.85 bits per heavy atom. The summed E-state index contributed by atoms with van der Waals surface area (Å²) < 4.78 is 13.0. The maximum Gasteiger partial charge on any atom is 0.123 e. The van der Waals surface area contributed by atoms with Gasteiger partial charge in [-0.25, -0.2) is 4.39 Å². The number of hydrogen-bond acceptors (Lipinski definition) is 2. The van der Waals surface area contributed by atoms with Crippen LogP contribution in [-0.4, -0.2) is 35.3 Å². The normalized spacial score (nSPS) is 17.8. The highest BCUT2D eigenvalue weighted by Gasteiger charge is 2.25. The van der Waals surface area contributed by atoms with Crippen molar-refractivity contribution in [1.29, 1.82) is 0 Å². The zero-order valence-corrected chi connectivity index (χ0v) is 16.7. The number of halogens is 1. The van der Waals surface area contributed by atoms with Gasteiger partial charge < -0.3 is 9.88 Å². The maximum atomic E-state index is 13.0. The third-order valence-corrected chi connectivity index (χ3v) is 6.48. The number of H-pyrrole nitrogens is 1. The van der Waals surface area contributed by atoms with Crippen molar-refractivity contribution >= 4 is 22.7 Å². The van der Waals surface area contributed by atoms with E-state index in [1.165, 1.54) is 46.3 Å². The van der Waals surface area contributed by atoms with E-state index in [4.69, 9.17) is 0 Å². The number of likely N-dealkylation sites (tertiary alicyclic amines) is 1. The second kappa shape index (κ2) is 8.49. The molecule has 1 N–H and O–H groups in total. The molecule has 0 unspecified atom stereocenters. The molecule has 2 aromatic carbocycles. The number of benzene rings is 2. The van der Waals surface area contributed by atoms with Gasteiger partial charge in [0.2, 0.25) is 0 Å². The van der Waals surface area contributed by atoms with Crippen LogP contribution in [0.5, 0.6) is 0 Å². The van der Waals surface area contributed by atoms with E-state index >= 15 is 0 Å². The molecule has 4 rings (SSSR count). The van der Waals surface area contributed by atoms with Crippen LogP contribution in [0.3, 0.4) is 0 Å². The van der Waals surface area contributed by atoms with Gasteiger partial charge in [-0.3, -0.25) is 0 Å². The van der Waals surface area contributed by atoms with Gasteiger partial charge in [-0.1, -0.05) is 12.1 Å². The van der Waals surface area contributed by atoms with Crippen molar-refractivity contribution in [2.75, 3.05) is 19.3 Å². The lowest BCUT2D eigenvalue weighted by atomic mass is 10.0. The summed E-state index contributed by atoms with van der Waals surface area (Å²) in [4.78, 5) is 7.42. The minimum absolute atomic E-state index is 0.151. The first-order valence-corrected chi connectivity index (χ1v) is 11.1. The van der Waals surface area contributed by atoms with Crippen molar-refractivity contribution in [2.24, 2.45) is 0 Å². The second-order valence-corrected chi connectivity index (χ2v) is 8.37. The molecule has 0 aliphatic carbocycles. The first-order chi connectivity index (χ1) is 13.2. The molecule has 0 amide bonds. The predicted octanol–water partition coefficient (Wildman–Crippen LogP) is 5.67. The highest BCUT2D eigenvalue weighted by atomic mass is 32.2. The van der Waals surface area contributed by atoms with E-state index in [1.54, 1.807) is 23.9 Å². The smallest absolute Gasteiger partial charge is 0.123 e. The molecular weight excluding hydrogens is 355 g/mol. The number of nitrogens with zero attached hydrogens (tertiary/aromatic N) is 1. The number of nitrogens with one attached hydrogen (secondary N) is 1. The zero-order valence-electron chi connectivity index (χ0n) is 15.9. The van der Waals surface area contributed by atoms with Crippen LogP contribution in [0.1, 0.15) is 30.4 Å². The van der Waals surface area contributed by atoms with Gasteiger partial charge in [-0.15, -0.1) is 11.8 Å². The molecule has 1 aliphatic rings. The second-order valence-electron chi connectivity index (χ2n) is 7.49. The maximum absolute atomic E-state index is 13.0. The standard InChI is InChI=1S/C23H27FN2S/c1-27-21-10-11-23-22(15-21)18(16-25-23)14-20-5-3-13-26(20)12-2-4-17-6-8-19(24)9-7-17/h6-11,15-16,20,25H,2-5,12-14H2,1H3/t20-/m1/s1. The summed E-state index contributed by atoms with van der Waals surface area (Å²) in [6.45, 7) is 2.33. The molecule has 2 nitrogen and oxygen atoms in total. The summed E-state index contributed by atoms with van der Waals surface area (Å²) in [6.07, 6.45) is 10.2. The van der Waals surface area contributed by atoms with E-state index in [9.17, 15) is 4.39 Å². The average molecular weight is 383 g/mol. The number of fused-ring (bicyclic) bond motifs is 1. The molecule has 27 heavy (non-hydrogen) atoms. The van der Waals surface area contributed by atoms with Crippen LogP contribution >= 0.6 is 11.8 Å². The minimum Gasteiger partial charge on any atom is -0.361 e. The van der Waals surface area contributed by atoms with Gasteiger partial charge in [-0.2, -0.15) is 0 Å². The first-order valence-electron chi connectivity index (χ1n) is 9.85. The molecular formula is C23H27FN2S. The van der Waals surface area contributed by atoms with Gasteiger partial charge in [0.15, 0.2) is 0 Å². The predicted molar refractivity (Wildman–Crippen MR) is 113 cm³/mol. The molecule has 142 valence electrons. The van der Waals surface area contributed by atoms with E-state index < -0.39 is 0 Å². The lowest BCUT2D eigenvalue weighted by Crippen LogP contribution is -2.32. The molecule has 0 saturated carbocycles. The Hall–Kier alpha value is -1.78. The van der Waals surface area contributed by atoms with Crippen molar-refractivity contribution in [3.8, 4) is 0 Å². The Balaban J connectivity index is 1.37. The summed E-state index contributed by atoms with van der Waals surface area (Å²) in [5.74, 6) is -0.151. The van der Waals surface area contributed by atoms with Crippen molar-refractivity contribution in [2.45, 2.75) is 43.0 Å². The van der Waals surface area contributed by atoms with E-state index in [-0.39, 0.29) is 5.82 Å². The fourth-order valence-electron chi connectivity index (χ4n) is 4.27. The van der Waals surface area contributed by atoms with E-state index in [0.717, 1.165) is 25.8 Å². The zero-order chi connectivity index (χ0) is 18.6. The van der Waals surface area contributed by atoms with E-state index in [1.807, 2.05) is 12.1 Å². The summed E-state index contributed by atoms with van der Waals surface area (Å²) in [5.41, 5.74) is 3.91. The number of aromatic amines is 1. The van der Waals surface area contributed by atoms with Crippen molar-refractivity contribution < 1.29 is 4.39 Å². The highest BCUT2D eigenvalue weighted by molar-refractivity contribution is 7.98. The number of thioether (sulfide) groups is 1. The largest absolute Gasteiger partial charge is 0.361 e. The lowest BCUT2D eigenvalue weighted by molar-refractivity contribution is 0.250. The minimum atomic E-state index is -0.151. The fourth-order valence-corrected chi connectivity index (χ4v) is 4.71. The molecule has 1 saturated heterocycles. The number of rotatable bonds is 7. The molecule has 4 heteroatoms. The highest BCUT2D eigenvalue weighted by Crippen LogP contribution is 2.28. The molecule has 1 aromatic heterocycles. The van der Waals surface area contributed by atoms with Crippen LogP contribution in [0, 0.1) is 5.82 Å². The van der Waals surface area contributed by atoms with Crippen molar-refractivity contribution in [3.05, 3.63) is 65.6 Å². The summed E-state index contributed by atoms with van der Waals surface area (Å²) >= 11 is 1.80. The molecule has 3 aromatic rings. The van der Waals surface area contributed by atoms with Crippen LogP contribution in [0.25, 0.3) is 10.9 Å². The molecule has 0 bridgehead atoms. The quantitative estimate of drug-likeness (QED) is 0.531. The topological polar surface area (TPSA) is 19.0 Å². The van der Waals surface area contributed by atoms with Crippen molar-refractivity contribution in [3.63, 3.8) is 0 Å². The Bertz CT molecular complexity index is 887. The first kappa shape index (κ1) is 18.6. The van der Waals surface area contributed by atoms with Crippen LogP contribution in [0.4, 0.5) is 4.39 Å². The SMILES string of the molecule is CSc1ccc2[nH]cc(C[C@H]3CCCN3CCCc3ccc(F)cc3)c2c1. The Morgan fingerprint density at radius 2 is 2.04 bits per heavy atom. The number of aromatic nitrogens is 1. The van der Waals surface area contributed by atoms with Gasteiger partial charge in [0.1, 0.15) is 5.82 Å². The summed E-state index contributed by atoms with van der Waals surface area (Å²) in [7, 11) is 0. The molecule has 0 spiro atoms. The Labute approximate surface area is 165 Å². The Morgan fingerprint density at radius 1 is 1.19 bits per heavy atom. The van der Waals surface area contributed by atoms with Crippen LogP contribution in [0.15, 0.2) is 53.6 Å². The average Bonchev–Trinajstić information content (AvgIpc) is 3.30. The fraction of sp³-hybridized carbons (Fsp3) is 0.391. The summed E-state index contributed by atoms with van der Waals surface area (Å²) in [6, 6.07) is 14.3. The summed E-state index contributed by atoms with van der Waals surface area (Å²) in [5, 5.41) is 1.38. The van der Waals surface area contributed by atoms with Crippen molar-refractivity contribution in [1.82, 2.24) is 9.88 Å². The molecule has 0 radical (unpaired) electrons. The van der Waals surface area contributed by atoms with Crippen LogP contribution in [-0.2, 0) is 12.8 Å². The van der Waals surface area contributed by atoms with Gasteiger partial charge in [0, 0.05) is 28.0 Å².